The van der Waals surface area contributed by atoms with Crippen molar-refractivity contribution in [2.45, 2.75) is 37.1 Å². The van der Waals surface area contributed by atoms with Crippen molar-refractivity contribution in [3.8, 4) is 0 Å². The summed E-state index contributed by atoms with van der Waals surface area (Å²) in [6.45, 7) is 1.65. The number of sulfonamides is 1. The fourth-order valence-corrected chi connectivity index (χ4v) is 3.17. The molecular weight excluding hydrogens is 242 g/mol. The summed E-state index contributed by atoms with van der Waals surface area (Å²) in [6, 6.07) is 0.106. The minimum atomic E-state index is -3.02. The molecule has 0 spiro atoms. The number of rotatable bonds is 3. The summed E-state index contributed by atoms with van der Waals surface area (Å²) in [5.74, 6) is 0.170. The first-order valence-corrected chi connectivity index (χ1v) is 6.76. The van der Waals surface area contributed by atoms with Gasteiger partial charge in [-0.15, -0.1) is 0 Å². The van der Waals surface area contributed by atoms with E-state index in [1.54, 1.807) is 6.92 Å². The van der Waals surface area contributed by atoms with E-state index in [-0.39, 0.29) is 11.8 Å². The van der Waals surface area contributed by atoms with Crippen molar-refractivity contribution in [2.24, 2.45) is 0 Å². The summed E-state index contributed by atoms with van der Waals surface area (Å²) in [4.78, 5) is 0.318. The van der Waals surface area contributed by atoms with Gasteiger partial charge in [0.2, 0.25) is 10.0 Å². The first-order valence-electron chi connectivity index (χ1n) is 4.19. The molecule has 12 heavy (non-hydrogen) atoms. The maximum absolute atomic E-state index is 11.2. The second-order valence-corrected chi connectivity index (χ2v) is 6.29. The van der Waals surface area contributed by atoms with Gasteiger partial charge in [-0.25, -0.2) is 13.1 Å². The van der Waals surface area contributed by atoms with Gasteiger partial charge in [0, 0.05) is 10.9 Å². The smallest absolute Gasteiger partial charge is 0.211 e. The molecule has 0 aromatic heterocycles. The van der Waals surface area contributed by atoms with Gasteiger partial charge in [-0.05, 0) is 19.8 Å². The first kappa shape index (κ1) is 10.5. The molecule has 2 unspecified atom stereocenters. The minimum Gasteiger partial charge on any atom is -0.212 e. The molecule has 72 valence electrons. The highest BCUT2D eigenvalue weighted by atomic mass is 79.9. The van der Waals surface area contributed by atoms with Gasteiger partial charge in [-0.2, -0.15) is 0 Å². The Bertz CT molecular complexity index is 240. The number of nitrogens with one attached hydrogen (secondary N) is 1. The summed E-state index contributed by atoms with van der Waals surface area (Å²) < 4.78 is 25.0. The first-order chi connectivity index (χ1) is 5.55. The van der Waals surface area contributed by atoms with E-state index in [1.807, 2.05) is 0 Å². The lowest BCUT2D eigenvalue weighted by atomic mass is 10.3. The molecule has 0 saturated heterocycles. The van der Waals surface area contributed by atoms with Gasteiger partial charge in [0.05, 0.1) is 5.75 Å². The molecule has 1 rings (SSSR count). The normalized spacial score (nSPS) is 30.8. The Kier molecular flexibility index (Phi) is 3.55. The third-order valence-corrected chi connectivity index (χ3v) is 4.66. The van der Waals surface area contributed by atoms with Crippen molar-refractivity contribution in [2.75, 3.05) is 5.75 Å². The van der Waals surface area contributed by atoms with Gasteiger partial charge < -0.3 is 0 Å². The number of alkyl halides is 1. The topological polar surface area (TPSA) is 46.2 Å². The van der Waals surface area contributed by atoms with Crippen LogP contribution in [0.2, 0.25) is 0 Å². The Hall–Kier alpha value is 0.390. The zero-order chi connectivity index (χ0) is 9.19. The molecule has 0 amide bonds. The van der Waals surface area contributed by atoms with E-state index in [2.05, 4.69) is 20.7 Å². The Morgan fingerprint density at radius 1 is 1.50 bits per heavy atom. The highest BCUT2D eigenvalue weighted by Crippen LogP contribution is 2.25. The SMILES string of the molecule is CCS(=O)(=O)NC1CCCC1Br. The molecule has 1 N–H and O–H groups in total. The Labute approximate surface area is 82.1 Å². The molecule has 0 radical (unpaired) electrons. The van der Waals surface area contributed by atoms with E-state index in [4.69, 9.17) is 0 Å². The van der Waals surface area contributed by atoms with E-state index < -0.39 is 10.0 Å². The van der Waals surface area contributed by atoms with E-state index >= 15 is 0 Å². The molecule has 0 aromatic carbocycles. The highest BCUT2D eigenvalue weighted by Gasteiger charge is 2.27. The Balaban J connectivity index is 2.51. The van der Waals surface area contributed by atoms with Crippen molar-refractivity contribution >= 4 is 26.0 Å². The molecule has 0 heterocycles. The Morgan fingerprint density at radius 3 is 2.58 bits per heavy atom. The zero-order valence-electron chi connectivity index (χ0n) is 7.09. The number of hydrogen-bond donors (Lipinski definition) is 1. The molecule has 0 aliphatic heterocycles. The Morgan fingerprint density at radius 2 is 2.17 bits per heavy atom. The van der Waals surface area contributed by atoms with Gasteiger partial charge in [0.1, 0.15) is 0 Å². The lowest BCUT2D eigenvalue weighted by Gasteiger charge is -2.14. The van der Waals surface area contributed by atoms with Crippen LogP contribution in [0.15, 0.2) is 0 Å². The quantitative estimate of drug-likeness (QED) is 0.772. The molecule has 1 aliphatic carbocycles. The van der Waals surface area contributed by atoms with E-state index in [0.29, 0.717) is 4.83 Å². The molecular formula is C7H14BrNO2S. The van der Waals surface area contributed by atoms with Crippen LogP contribution in [0.3, 0.4) is 0 Å². The summed E-state index contributed by atoms with van der Waals surface area (Å²) in [7, 11) is -3.02. The molecule has 2 atom stereocenters. The molecule has 0 bridgehead atoms. The van der Waals surface area contributed by atoms with Crippen molar-refractivity contribution in [3.05, 3.63) is 0 Å². The van der Waals surface area contributed by atoms with Crippen LogP contribution in [-0.2, 0) is 10.0 Å². The monoisotopic (exact) mass is 255 g/mol. The molecule has 3 nitrogen and oxygen atoms in total. The van der Waals surface area contributed by atoms with Crippen LogP contribution in [0.5, 0.6) is 0 Å². The predicted octanol–water partition coefficient (Wildman–Crippen LogP) is 1.24. The molecule has 5 heteroatoms. The van der Waals surface area contributed by atoms with E-state index in [0.717, 1.165) is 19.3 Å². The summed E-state index contributed by atoms with van der Waals surface area (Å²) >= 11 is 3.46. The predicted molar refractivity (Wildman–Crippen MR) is 53.0 cm³/mol. The van der Waals surface area contributed by atoms with Gasteiger partial charge >= 0.3 is 0 Å². The van der Waals surface area contributed by atoms with E-state index in [9.17, 15) is 8.42 Å². The molecule has 1 fully saturated rings. The van der Waals surface area contributed by atoms with Crippen LogP contribution in [0.25, 0.3) is 0 Å². The van der Waals surface area contributed by atoms with Crippen LogP contribution in [0.1, 0.15) is 26.2 Å². The average molecular weight is 256 g/mol. The summed E-state index contributed by atoms with van der Waals surface area (Å²) in [5.41, 5.74) is 0. The van der Waals surface area contributed by atoms with Crippen LogP contribution in [0.4, 0.5) is 0 Å². The lowest BCUT2D eigenvalue weighted by molar-refractivity contribution is 0.557. The number of hydrogen-bond acceptors (Lipinski definition) is 2. The van der Waals surface area contributed by atoms with Crippen molar-refractivity contribution in [3.63, 3.8) is 0 Å². The molecule has 1 aliphatic rings. The fraction of sp³-hybridized carbons (Fsp3) is 1.00. The third-order valence-electron chi connectivity index (χ3n) is 2.14. The molecule has 0 aromatic rings. The third kappa shape index (κ3) is 2.71. The standard InChI is InChI=1S/C7H14BrNO2S/c1-2-12(10,11)9-7-5-3-4-6(7)8/h6-7,9H,2-5H2,1H3. The van der Waals surface area contributed by atoms with Crippen molar-refractivity contribution in [1.82, 2.24) is 4.72 Å². The average Bonchev–Trinajstić information content (AvgIpc) is 2.36. The van der Waals surface area contributed by atoms with Gasteiger partial charge in [0.15, 0.2) is 0 Å². The van der Waals surface area contributed by atoms with Crippen molar-refractivity contribution < 1.29 is 8.42 Å². The largest absolute Gasteiger partial charge is 0.212 e. The fourth-order valence-electron chi connectivity index (χ4n) is 1.36. The van der Waals surface area contributed by atoms with Crippen LogP contribution >= 0.6 is 15.9 Å². The highest BCUT2D eigenvalue weighted by molar-refractivity contribution is 9.09. The van der Waals surface area contributed by atoms with Crippen molar-refractivity contribution in [1.29, 1.82) is 0 Å². The summed E-state index contributed by atoms with van der Waals surface area (Å²) in [5, 5.41) is 0. The number of halogens is 1. The maximum atomic E-state index is 11.2. The lowest BCUT2D eigenvalue weighted by Crippen LogP contribution is -2.38. The van der Waals surface area contributed by atoms with Crippen LogP contribution in [0, 0.1) is 0 Å². The minimum absolute atomic E-state index is 0.106. The van der Waals surface area contributed by atoms with Gasteiger partial charge in [-0.1, -0.05) is 22.4 Å². The molecule has 1 saturated carbocycles. The summed E-state index contributed by atoms with van der Waals surface area (Å²) in [6.07, 6.45) is 3.12. The van der Waals surface area contributed by atoms with Crippen LogP contribution < -0.4 is 4.72 Å². The van der Waals surface area contributed by atoms with E-state index in [1.165, 1.54) is 0 Å². The van der Waals surface area contributed by atoms with Crippen LogP contribution in [-0.4, -0.2) is 25.0 Å². The van der Waals surface area contributed by atoms with Gasteiger partial charge in [-0.3, -0.25) is 0 Å². The van der Waals surface area contributed by atoms with Gasteiger partial charge in [0.25, 0.3) is 0 Å². The zero-order valence-corrected chi connectivity index (χ0v) is 9.49. The second-order valence-electron chi connectivity index (χ2n) is 3.07. The maximum Gasteiger partial charge on any atom is 0.211 e. The second kappa shape index (κ2) is 4.07.